The largest absolute Gasteiger partial charge is 0.476 e. The van der Waals surface area contributed by atoms with Gasteiger partial charge in [-0.1, -0.05) is 37.6 Å². The van der Waals surface area contributed by atoms with Gasteiger partial charge >= 0.3 is 12.1 Å². The Morgan fingerprint density at radius 3 is 2.25 bits per heavy atom. The zero-order valence-electron chi connectivity index (χ0n) is 21.1. The van der Waals surface area contributed by atoms with Crippen LogP contribution in [0, 0.1) is 0 Å². The second-order valence-corrected chi connectivity index (χ2v) is 9.15. The van der Waals surface area contributed by atoms with Gasteiger partial charge in [0.25, 0.3) is 0 Å². The van der Waals surface area contributed by atoms with E-state index in [0.29, 0.717) is 30.2 Å². The van der Waals surface area contributed by atoms with Crippen LogP contribution in [0.25, 0.3) is 11.4 Å². The van der Waals surface area contributed by atoms with Crippen LogP contribution in [0.15, 0.2) is 48.5 Å². The van der Waals surface area contributed by atoms with Crippen LogP contribution in [-0.2, 0) is 35.6 Å². The third kappa shape index (κ3) is 7.32. The van der Waals surface area contributed by atoms with Gasteiger partial charge in [0.15, 0.2) is 11.4 Å². The van der Waals surface area contributed by atoms with Crippen LogP contribution in [0.3, 0.4) is 0 Å². The molecule has 0 spiro atoms. The minimum atomic E-state index is -4.37. The van der Waals surface area contributed by atoms with Crippen molar-refractivity contribution in [2.75, 3.05) is 6.61 Å². The molecular weight excluding hydrogens is 471 g/mol. The number of benzene rings is 2. The standard InChI is InChI=1S/C27H32F3N3O3/c1-5-6-18-35-25(34)26(2,3)36-22-16-10-19(11-17-22)8-7-9-23-31-24(32-33(23)4)20-12-14-21(15-13-20)27(28,29)30/h10-17H,5-9,18H2,1-4H3. The van der Waals surface area contributed by atoms with E-state index >= 15 is 0 Å². The summed E-state index contributed by atoms with van der Waals surface area (Å²) >= 11 is 0. The monoisotopic (exact) mass is 503 g/mol. The summed E-state index contributed by atoms with van der Waals surface area (Å²) in [6.07, 6.45) is -0.325. The lowest BCUT2D eigenvalue weighted by molar-refractivity contribution is -0.159. The molecular formula is C27H32F3N3O3. The van der Waals surface area contributed by atoms with E-state index < -0.39 is 17.3 Å². The quantitative estimate of drug-likeness (QED) is 0.231. The molecule has 0 aliphatic carbocycles. The summed E-state index contributed by atoms with van der Waals surface area (Å²) in [4.78, 5) is 16.8. The molecule has 0 unspecified atom stereocenters. The maximum absolute atomic E-state index is 12.8. The van der Waals surface area contributed by atoms with Crippen LogP contribution >= 0.6 is 0 Å². The Labute approximate surface area is 209 Å². The summed E-state index contributed by atoms with van der Waals surface area (Å²) in [6.45, 7) is 5.80. The molecule has 3 aromatic rings. The van der Waals surface area contributed by atoms with Crippen LogP contribution in [0.1, 0.15) is 57.0 Å². The van der Waals surface area contributed by atoms with Crippen LogP contribution in [-0.4, -0.2) is 32.9 Å². The van der Waals surface area contributed by atoms with Crippen molar-refractivity contribution in [3.8, 4) is 17.1 Å². The Bertz CT molecular complexity index is 1140. The van der Waals surface area contributed by atoms with Gasteiger partial charge in [-0.15, -0.1) is 0 Å². The number of ether oxygens (including phenoxy) is 2. The van der Waals surface area contributed by atoms with Gasteiger partial charge in [0, 0.05) is 19.0 Å². The first-order valence-corrected chi connectivity index (χ1v) is 12.0. The maximum Gasteiger partial charge on any atom is 0.416 e. The number of aryl methyl sites for hydroxylation is 3. The number of rotatable bonds is 11. The number of nitrogens with zero attached hydrogens (tertiary/aromatic N) is 3. The van der Waals surface area contributed by atoms with Gasteiger partial charge < -0.3 is 9.47 Å². The zero-order valence-corrected chi connectivity index (χ0v) is 21.1. The second-order valence-electron chi connectivity index (χ2n) is 9.15. The smallest absolute Gasteiger partial charge is 0.416 e. The Morgan fingerprint density at radius 1 is 0.972 bits per heavy atom. The van der Waals surface area contributed by atoms with Gasteiger partial charge in [-0.05, 0) is 62.9 Å². The molecule has 36 heavy (non-hydrogen) atoms. The number of carbonyl (C=O) groups is 1. The minimum Gasteiger partial charge on any atom is -0.476 e. The average Bonchev–Trinajstić information content (AvgIpc) is 3.20. The minimum absolute atomic E-state index is 0.387. The van der Waals surface area contributed by atoms with E-state index in [1.54, 1.807) is 25.6 Å². The third-order valence-corrected chi connectivity index (χ3v) is 5.71. The second kappa shape index (κ2) is 11.6. The Hall–Kier alpha value is -3.36. The fraction of sp³-hybridized carbons (Fsp3) is 0.444. The van der Waals surface area contributed by atoms with Gasteiger partial charge in [-0.25, -0.2) is 9.78 Å². The molecule has 0 bridgehead atoms. The molecule has 0 saturated carbocycles. The molecule has 2 aromatic carbocycles. The Morgan fingerprint density at radius 2 is 1.64 bits per heavy atom. The predicted molar refractivity (Wildman–Crippen MR) is 130 cm³/mol. The Kier molecular flexibility index (Phi) is 8.76. The lowest BCUT2D eigenvalue weighted by atomic mass is 10.1. The van der Waals surface area contributed by atoms with Gasteiger partial charge in [0.1, 0.15) is 11.6 Å². The van der Waals surface area contributed by atoms with Crippen molar-refractivity contribution >= 4 is 5.97 Å². The van der Waals surface area contributed by atoms with E-state index in [2.05, 4.69) is 10.1 Å². The molecule has 0 amide bonds. The molecule has 1 aromatic heterocycles. The molecule has 0 aliphatic heterocycles. The van der Waals surface area contributed by atoms with Gasteiger partial charge in [0.2, 0.25) is 0 Å². The number of hydrogen-bond donors (Lipinski definition) is 0. The number of aromatic nitrogens is 3. The molecule has 0 radical (unpaired) electrons. The van der Waals surface area contributed by atoms with Gasteiger partial charge in [0.05, 0.1) is 12.2 Å². The van der Waals surface area contributed by atoms with Crippen LogP contribution in [0.5, 0.6) is 5.75 Å². The van der Waals surface area contributed by atoms with Crippen molar-refractivity contribution in [3.05, 3.63) is 65.5 Å². The lowest BCUT2D eigenvalue weighted by Gasteiger charge is -2.24. The highest BCUT2D eigenvalue weighted by molar-refractivity contribution is 5.79. The van der Waals surface area contributed by atoms with Crippen molar-refractivity contribution in [2.24, 2.45) is 7.05 Å². The Balaban J connectivity index is 1.52. The summed E-state index contributed by atoms with van der Waals surface area (Å²) in [5.41, 5.74) is -0.131. The average molecular weight is 504 g/mol. The first-order chi connectivity index (χ1) is 17.0. The van der Waals surface area contributed by atoms with Crippen molar-refractivity contribution in [2.45, 2.75) is 64.7 Å². The molecule has 3 rings (SSSR count). The number of hydrogen-bond acceptors (Lipinski definition) is 5. The molecule has 0 saturated heterocycles. The van der Waals surface area contributed by atoms with Crippen LogP contribution in [0.4, 0.5) is 13.2 Å². The third-order valence-electron chi connectivity index (χ3n) is 5.71. The van der Waals surface area contributed by atoms with Crippen molar-refractivity contribution in [3.63, 3.8) is 0 Å². The summed E-state index contributed by atoms with van der Waals surface area (Å²) in [7, 11) is 1.77. The fourth-order valence-corrected chi connectivity index (χ4v) is 3.56. The molecule has 0 aliphatic rings. The van der Waals surface area contributed by atoms with E-state index in [1.807, 2.05) is 31.2 Å². The molecule has 9 heteroatoms. The fourth-order valence-electron chi connectivity index (χ4n) is 3.56. The highest BCUT2D eigenvalue weighted by Gasteiger charge is 2.32. The number of esters is 1. The van der Waals surface area contributed by atoms with E-state index in [4.69, 9.17) is 9.47 Å². The summed E-state index contributed by atoms with van der Waals surface area (Å²) in [6, 6.07) is 12.4. The predicted octanol–water partition coefficient (Wildman–Crippen LogP) is 6.18. The number of halogens is 3. The van der Waals surface area contributed by atoms with E-state index in [1.165, 1.54) is 12.1 Å². The summed E-state index contributed by atoms with van der Waals surface area (Å²) < 4.78 is 51.1. The van der Waals surface area contributed by atoms with Crippen LogP contribution < -0.4 is 4.74 Å². The number of carbonyl (C=O) groups excluding carboxylic acids is 1. The van der Waals surface area contributed by atoms with Gasteiger partial charge in [-0.3, -0.25) is 4.68 Å². The SMILES string of the molecule is CCCCOC(=O)C(C)(C)Oc1ccc(CCCc2nc(-c3ccc(C(F)(F)F)cc3)nn2C)cc1. The molecule has 0 fully saturated rings. The molecule has 0 atom stereocenters. The topological polar surface area (TPSA) is 66.2 Å². The molecule has 6 nitrogen and oxygen atoms in total. The molecule has 1 heterocycles. The van der Waals surface area contributed by atoms with E-state index in [-0.39, 0.29) is 5.97 Å². The summed E-state index contributed by atoms with van der Waals surface area (Å²) in [5, 5.41) is 4.35. The van der Waals surface area contributed by atoms with Crippen molar-refractivity contribution in [1.29, 1.82) is 0 Å². The van der Waals surface area contributed by atoms with Crippen molar-refractivity contribution in [1.82, 2.24) is 14.8 Å². The first-order valence-electron chi connectivity index (χ1n) is 12.0. The number of alkyl halides is 3. The highest BCUT2D eigenvalue weighted by atomic mass is 19.4. The summed E-state index contributed by atoms with van der Waals surface area (Å²) in [5.74, 6) is 1.36. The normalized spacial score (nSPS) is 12.0. The van der Waals surface area contributed by atoms with E-state index in [0.717, 1.165) is 49.2 Å². The van der Waals surface area contributed by atoms with E-state index in [9.17, 15) is 18.0 Å². The highest BCUT2D eigenvalue weighted by Crippen LogP contribution is 2.30. The van der Waals surface area contributed by atoms with Gasteiger partial charge in [-0.2, -0.15) is 18.3 Å². The lowest BCUT2D eigenvalue weighted by Crippen LogP contribution is -2.39. The van der Waals surface area contributed by atoms with Crippen molar-refractivity contribution < 1.29 is 27.4 Å². The number of unbranched alkanes of at least 4 members (excludes halogenated alkanes) is 1. The maximum atomic E-state index is 12.8. The zero-order chi connectivity index (χ0) is 26.3. The first kappa shape index (κ1) is 27.2. The molecule has 0 N–H and O–H groups in total. The molecule has 194 valence electrons. The van der Waals surface area contributed by atoms with Crippen LogP contribution in [0.2, 0.25) is 0 Å².